The fraction of sp³-hybridized carbons (Fsp3) is 0.290. The molecule has 0 bridgehead atoms. The number of para-hydroxylation sites is 2. The van der Waals surface area contributed by atoms with Gasteiger partial charge in [-0.25, -0.2) is 0 Å². The summed E-state index contributed by atoms with van der Waals surface area (Å²) in [6.07, 6.45) is 13.4. The summed E-state index contributed by atoms with van der Waals surface area (Å²) in [5.41, 5.74) is 5.26. The number of carboxylic acid groups (broad SMARTS) is 1. The summed E-state index contributed by atoms with van der Waals surface area (Å²) in [5, 5.41) is 11.6. The summed E-state index contributed by atoms with van der Waals surface area (Å²) in [4.78, 5) is 14.5. The Labute approximate surface area is 250 Å². The lowest BCUT2D eigenvalue weighted by Gasteiger charge is -2.30. The monoisotopic (exact) mass is 656 g/mol. The molecule has 38 heavy (non-hydrogen) atoms. The van der Waals surface area contributed by atoms with Crippen molar-refractivity contribution in [2.75, 3.05) is 11.4 Å². The summed E-state index contributed by atoms with van der Waals surface area (Å²) in [6, 6.07) is 16.8. The number of hydrogen-bond acceptors (Lipinski definition) is 4. The fourth-order valence-electron chi connectivity index (χ4n) is 5.22. The highest BCUT2D eigenvalue weighted by Crippen LogP contribution is 2.46. The molecule has 0 radical (unpaired) electrons. The van der Waals surface area contributed by atoms with Gasteiger partial charge in [0.2, 0.25) is 5.52 Å². The van der Waals surface area contributed by atoms with E-state index in [1.165, 1.54) is 31.3 Å². The molecular weight excluding hydrogens is 623 g/mol. The van der Waals surface area contributed by atoms with Crippen molar-refractivity contribution in [3.63, 3.8) is 0 Å². The zero-order valence-electron chi connectivity index (χ0n) is 22.0. The first-order valence-electron chi connectivity index (χ1n) is 12.8. The van der Waals surface area contributed by atoms with E-state index in [0.717, 1.165) is 30.1 Å². The number of fused-ring (bicyclic) bond motifs is 2. The zero-order valence-corrected chi connectivity index (χ0v) is 25.8. The normalized spacial score (nSPS) is 18.7. The molecule has 0 saturated heterocycles. The minimum atomic E-state index is -0.777. The van der Waals surface area contributed by atoms with Gasteiger partial charge in [0.1, 0.15) is 11.2 Å². The van der Waals surface area contributed by atoms with Crippen LogP contribution in [0.15, 0.2) is 93.9 Å². The van der Waals surface area contributed by atoms with E-state index in [4.69, 9.17) is 0 Å². The van der Waals surface area contributed by atoms with Gasteiger partial charge in [-0.2, -0.15) is 4.57 Å². The lowest BCUT2D eigenvalue weighted by Crippen LogP contribution is -3.00. The van der Waals surface area contributed by atoms with Crippen molar-refractivity contribution >= 4 is 51.0 Å². The molecule has 0 spiro atoms. The summed E-state index contributed by atoms with van der Waals surface area (Å²) in [5.74, 6) is -0.777. The summed E-state index contributed by atoms with van der Waals surface area (Å²) >= 11 is 3.56. The van der Waals surface area contributed by atoms with Gasteiger partial charge in [0.05, 0.1) is 17.1 Å². The summed E-state index contributed by atoms with van der Waals surface area (Å²) in [6.45, 7) is 8.32. The summed E-state index contributed by atoms with van der Waals surface area (Å²) in [7, 11) is 0. The molecule has 1 aliphatic heterocycles. The smallest absolute Gasteiger partial charge is 0.305 e. The van der Waals surface area contributed by atoms with Gasteiger partial charge in [0.25, 0.3) is 5.01 Å². The minimum absolute atomic E-state index is 0. The van der Waals surface area contributed by atoms with Crippen LogP contribution in [0, 0.1) is 5.41 Å². The molecule has 7 heteroatoms. The van der Waals surface area contributed by atoms with Crippen LogP contribution in [0.5, 0.6) is 0 Å². The Kier molecular flexibility index (Phi) is 9.21. The van der Waals surface area contributed by atoms with Crippen LogP contribution in [0.2, 0.25) is 0 Å². The molecule has 198 valence electrons. The molecule has 0 saturated carbocycles. The lowest BCUT2D eigenvalue weighted by atomic mass is 9.75. The average Bonchev–Trinajstić information content (AvgIpc) is 3.38. The van der Waals surface area contributed by atoms with Crippen molar-refractivity contribution in [1.82, 2.24) is 0 Å². The van der Waals surface area contributed by atoms with E-state index >= 15 is 0 Å². The number of hydrogen-bond donors (Lipinski definition) is 1. The second-order valence-electron chi connectivity index (χ2n) is 10.3. The first kappa shape index (κ1) is 28.6. The van der Waals surface area contributed by atoms with Crippen molar-refractivity contribution in [3.8, 4) is 0 Å². The Balaban J connectivity index is 0.00000336. The van der Waals surface area contributed by atoms with Crippen molar-refractivity contribution in [3.05, 3.63) is 94.0 Å². The largest absolute Gasteiger partial charge is 1.00 e. The highest BCUT2D eigenvalue weighted by molar-refractivity contribution is 8.03. The van der Waals surface area contributed by atoms with Crippen LogP contribution >= 0.6 is 23.1 Å². The topological polar surface area (TPSA) is 44.4 Å². The van der Waals surface area contributed by atoms with Gasteiger partial charge in [-0.05, 0) is 60.6 Å². The standard InChI is InChI=1S/C31H32N2O2S2.HI/c1-4-32-24-11-5-7-13-26(24)37-29(32)19-23-18-22(20-31(2,3)21-23)10-9-15-28-33(17-16-30(34)35)25-12-6-8-14-27(25)36-28;/h5-15,18-19H,4,16-17,20-21H2,1-3H3;1H. The Bertz CT molecular complexity index is 1470. The first-order valence-corrected chi connectivity index (χ1v) is 14.4. The molecule has 2 aromatic carbocycles. The van der Waals surface area contributed by atoms with Crippen molar-refractivity contribution < 1.29 is 38.4 Å². The van der Waals surface area contributed by atoms with Gasteiger partial charge in [0, 0.05) is 23.6 Å². The predicted octanol–water partition coefficient (Wildman–Crippen LogP) is 4.83. The minimum Gasteiger partial charge on any atom is -1.00 e. The third-order valence-electron chi connectivity index (χ3n) is 6.73. The predicted molar refractivity (Wildman–Crippen MR) is 156 cm³/mol. The molecule has 2 heterocycles. The molecule has 0 amide bonds. The Hall–Kier alpha value is -2.36. The van der Waals surface area contributed by atoms with Crippen molar-refractivity contribution in [2.24, 2.45) is 5.41 Å². The van der Waals surface area contributed by atoms with Crippen LogP contribution in [-0.2, 0) is 11.3 Å². The maximum atomic E-state index is 11.2. The highest BCUT2D eigenvalue weighted by Gasteiger charge is 2.27. The second-order valence-corrected chi connectivity index (χ2v) is 12.5. The van der Waals surface area contributed by atoms with Crippen LogP contribution < -0.4 is 33.4 Å². The SMILES string of the molecule is CC[n+]1c(C=C2C=C(C=CC=C3Sc4ccccc4N3CCC(=O)O)CC(C)(C)C2)sc2ccccc21.[I-]. The van der Waals surface area contributed by atoms with Crippen LogP contribution in [-0.4, -0.2) is 17.6 Å². The van der Waals surface area contributed by atoms with E-state index < -0.39 is 5.97 Å². The van der Waals surface area contributed by atoms with E-state index in [0.29, 0.717) is 6.54 Å². The van der Waals surface area contributed by atoms with E-state index in [9.17, 15) is 9.90 Å². The number of halogens is 1. The molecule has 1 aliphatic carbocycles. The number of aryl methyl sites for hydroxylation is 1. The Morgan fingerprint density at radius 1 is 1.13 bits per heavy atom. The fourth-order valence-corrected chi connectivity index (χ4v) is 7.53. The maximum absolute atomic E-state index is 11.2. The van der Waals surface area contributed by atoms with Gasteiger partial charge in [-0.1, -0.05) is 79.4 Å². The number of allylic oxidation sites excluding steroid dienone is 6. The Morgan fingerprint density at radius 3 is 2.68 bits per heavy atom. The number of nitrogens with zero attached hydrogens (tertiary/aromatic N) is 2. The van der Waals surface area contributed by atoms with Gasteiger partial charge in [0.15, 0.2) is 0 Å². The van der Waals surface area contributed by atoms with E-state index in [2.05, 4.69) is 97.0 Å². The molecule has 0 atom stereocenters. The number of carbonyl (C=O) groups is 1. The van der Waals surface area contributed by atoms with Crippen molar-refractivity contribution in [1.29, 1.82) is 0 Å². The number of rotatable bonds is 7. The van der Waals surface area contributed by atoms with E-state index in [1.54, 1.807) is 11.8 Å². The molecule has 5 rings (SSSR count). The lowest BCUT2D eigenvalue weighted by molar-refractivity contribution is -0.665. The molecule has 2 aliphatic rings. The molecule has 1 aromatic heterocycles. The first-order chi connectivity index (χ1) is 17.8. The maximum Gasteiger partial charge on any atom is 0.305 e. The number of thiazole rings is 1. The van der Waals surface area contributed by atoms with E-state index in [1.807, 2.05) is 23.5 Å². The highest BCUT2D eigenvalue weighted by atomic mass is 127. The number of thioether (sulfide) groups is 1. The Morgan fingerprint density at radius 2 is 1.89 bits per heavy atom. The van der Waals surface area contributed by atoms with Gasteiger partial charge in [-0.3, -0.25) is 4.79 Å². The van der Waals surface area contributed by atoms with Gasteiger partial charge < -0.3 is 34.0 Å². The van der Waals surface area contributed by atoms with E-state index in [-0.39, 0.29) is 35.8 Å². The van der Waals surface area contributed by atoms with Crippen molar-refractivity contribution in [2.45, 2.75) is 51.5 Å². The third-order valence-corrected chi connectivity index (χ3v) is 8.98. The average molecular weight is 657 g/mol. The molecule has 0 fully saturated rings. The molecule has 1 N–H and O–H groups in total. The molecule has 3 aromatic rings. The van der Waals surface area contributed by atoms with Crippen LogP contribution in [0.3, 0.4) is 0 Å². The third kappa shape index (κ3) is 6.43. The number of benzene rings is 2. The molecular formula is C31H33IN2O2S2. The second kappa shape index (κ2) is 12.2. The summed E-state index contributed by atoms with van der Waals surface area (Å²) < 4.78 is 3.73. The quantitative estimate of drug-likeness (QED) is 0.293. The number of aliphatic carboxylic acids is 1. The zero-order chi connectivity index (χ0) is 26.0. The number of carboxylic acids is 1. The van der Waals surface area contributed by atoms with Crippen LogP contribution in [0.4, 0.5) is 5.69 Å². The number of aromatic nitrogens is 1. The molecule has 0 unspecified atom stereocenters. The van der Waals surface area contributed by atoms with Crippen LogP contribution in [0.25, 0.3) is 16.3 Å². The van der Waals surface area contributed by atoms with Crippen LogP contribution in [0.1, 0.15) is 45.0 Å². The number of anilines is 1. The van der Waals surface area contributed by atoms with Gasteiger partial charge >= 0.3 is 5.97 Å². The van der Waals surface area contributed by atoms with Gasteiger partial charge in [-0.15, -0.1) is 0 Å². The molecule has 4 nitrogen and oxygen atoms in total.